The van der Waals surface area contributed by atoms with E-state index in [0.29, 0.717) is 13.1 Å². The zero-order valence-corrected chi connectivity index (χ0v) is 16.4. The second-order valence-electron chi connectivity index (χ2n) is 6.51. The van der Waals surface area contributed by atoms with Crippen molar-refractivity contribution in [2.45, 2.75) is 34.1 Å². The molecule has 0 unspecified atom stereocenters. The summed E-state index contributed by atoms with van der Waals surface area (Å²) in [6, 6.07) is 0. The summed E-state index contributed by atoms with van der Waals surface area (Å²) in [4.78, 5) is 18.8. The first-order valence-corrected chi connectivity index (χ1v) is 8.85. The zero-order chi connectivity index (χ0) is 18.4. The lowest BCUT2D eigenvalue weighted by Crippen LogP contribution is -2.43. The number of rotatable bonds is 12. The molecule has 0 aromatic heterocycles. The van der Waals surface area contributed by atoms with Crippen LogP contribution in [0.25, 0.3) is 0 Å². The van der Waals surface area contributed by atoms with Gasteiger partial charge >= 0.3 is 0 Å². The third kappa shape index (κ3) is 10.4. The normalized spacial score (nSPS) is 12.4. The predicted octanol–water partition coefficient (Wildman–Crippen LogP) is 0.672. The third-order valence-corrected chi connectivity index (χ3v) is 3.60. The van der Waals surface area contributed by atoms with Crippen LogP contribution >= 0.6 is 0 Å². The molecule has 0 aliphatic heterocycles. The molecule has 0 rings (SSSR count). The highest BCUT2D eigenvalue weighted by atomic mass is 16.5. The van der Waals surface area contributed by atoms with Crippen LogP contribution in [-0.4, -0.2) is 76.8 Å². The van der Waals surface area contributed by atoms with Crippen LogP contribution < -0.4 is 16.0 Å². The zero-order valence-electron chi connectivity index (χ0n) is 16.4. The van der Waals surface area contributed by atoms with Crippen LogP contribution in [0.5, 0.6) is 0 Å². The lowest BCUT2D eigenvalue weighted by atomic mass is 9.92. The summed E-state index contributed by atoms with van der Waals surface area (Å²) in [5.41, 5.74) is -0.519. The van der Waals surface area contributed by atoms with Gasteiger partial charge < -0.3 is 25.6 Å². The molecule has 0 heterocycles. The van der Waals surface area contributed by atoms with Crippen molar-refractivity contribution in [1.82, 2.24) is 20.9 Å². The van der Waals surface area contributed by atoms with Crippen molar-refractivity contribution in [1.29, 1.82) is 0 Å². The number of methoxy groups -OCH3 is 1. The van der Waals surface area contributed by atoms with Crippen molar-refractivity contribution in [3.8, 4) is 0 Å². The van der Waals surface area contributed by atoms with E-state index < -0.39 is 5.41 Å². The highest BCUT2D eigenvalue weighted by molar-refractivity contribution is 5.83. The summed E-state index contributed by atoms with van der Waals surface area (Å²) in [5, 5.41) is 9.40. The molecule has 0 spiro atoms. The number of amides is 1. The van der Waals surface area contributed by atoms with E-state index in [9.17, 15) is 4.79 Å². The smallest absolute Gasteiger partial charge is 0.227 e. The molecule has 0 bridgehead atoms. The average molecular weight is 344 g/mol. The summed E-state index contributed by atoms with van der Waals surface area (Å²) >= 11 is 0. The van der Waals surface area contributed by atoms with Gasteiger partial charge in [-0.2, -0.15) is 0 Å². The van der Waals surface area contributed by atoms with Crippen molar-refractivity contribution in [3.05, 3.63) is 0 Å². The fourth-order valence-corrected chi connectivity index (χ4v) is 2.05. The summed E-state index contributed by atoms with van der Waals surface area (Å²) in [6.45, 7) is 13.2. The molecule has 0 aromatic rings. The predicted molar refractivity (Wildman–Crippen MR) is 100 cm³/mol. The molecule has 3 N–H and O–H groups in total. The summed E-state index contributed by atoms with van der Waals surface area (Å²) in [6.07, 6.45) is 1.03. The minimum Gasteiger partial charge on any atom is -0.385 e. The third-order valence-electron chi connectivity index (χ3n) is 3.60. The Hall–Kier alpha value is -1.34. The highest BCUT2D eigenvalue weighted by Crippen LogP contribution is 2.15. The van der Waals surface area contributed by atoms with E-state index in [2.05, 4.69) is 32.9 Å². The van der Waals surface area contributed by atoms with Gasteiger partial charge in [0.1, 0.15) is 0 Å². The van der Waals surface area contributed by atoms with Crippen LogP contribution in [0.4, 0.5) is 0 Å². The topological polar surface area (TPSA) is 78.0 Å². The first-order chi connectivity index (χ1) is 11.4. The molecule has 0 aliphatic carbocycles. The number of aliphatic imine (C=N–C) groups is 1. The van der Waals surface area contributed by atoms with E-state index in [1.54, 1.807) is 7.11 Å². The van der Waals surface area contributed by atoms with Crippen LogP contribution in [0.1, 0.15) is 34.1 Å². The second kappa shape index (κ2) is 13.0. The Labute approximate surface area is 147 Å². The van der Waals surface area contributed by atoms with E-state index in [4.69, 9.17) is 4.74 Å². The van der Waals surface area contributed by atoms with E-state index in [1.807, 2.05) is 27.7 Å². The van der Waals surface area contributed by atoms with Gasteiger partial charge in [0.05, 0.1) is 12.0 Å². The maximum Gasteiger partial charge on any atom is 0.227 e. The quantitative estimate of drug-likeness (QED) is 0.276. The lowest BCUT2D eigenvalue weighted by molar-refractivity contribution is -0.128. The van der Waals surface area contributed by atoms with Crippen LogP contribution in [-0.2, 0) is 9.53 Å². The fourth-order valence-electron chi connectivity index (χ4n) is 2.05. The van der Waals surface area contributed by atoms with E-state index >= 15 is 0 Å². The van der Waals surface area contributed by atoms with E-state index in [0.717, 1.165) is 45.2 Å². The van der Waals surface area contributed by atoms with Gasteiger partial charge in [-0.05, 0) is 41.2 Å². The number of nitrogens with zero attached hydrogens (tertiary/aromatic N) is 2. The molecule has 0 radical (unpaired) electrons. The molecule has 7 nitrogen and oxygen atoms in total. The van der Waals surface area contributed by atoms with Crippen molar-refractivity contribution < 1.29 is 9.53 Å². The van der Waals surface area contributed by atoms with Crippen molar-refractivity contribution in [2.24, 2.45) is 10.4 Å². The molecule has 1 amide bonds. The van der Waals surface area contributed by atoms with E-state index in [1.165, 1.54) is 0 Å². The van der Waals surface area contributed by atoms with Crippen molar-refractivity contribution >= 4 is 11.9 Å². The summed E-state index contributed by atoms with van der Waals surface area (Å²) in [7, 11) is 3.82. The second-order valence-corrected chi connectivity index (χ2v) is 6.51. The van der Waals surface area contributed by atoms with Gasteiger partial charge in [0.25, 0.3) is 0 Å². The summed E-state index contributed by atoms with van der Waals surface area (Å²) < 4.78 is 5.06. The monoisotopic (exact) mass is 343 g/mol. The summed E-state index contributed by atoms with van der Waals surface area (Å²) in [5.74, 6) is 0.780. The maximum absolute atomic E-state index is 12.0. The molecule has 0 atom stereocenters. The molecular formula is C17H37N5O2. The number of ether oxygens (including phenoxy) is 1. The van der Waals surface area contributed by atoms with Crippen LogP contribution in [0.15, 0.2) is 4.99 Å². The van der Waals surface area contributed by atoms with Crippen molar-refractivity contribution in [3.63, 3.8) is 0 Å². The first kappa shape index (κ1) is 22.7. The van der Waals surface area contributed by atoms with Gasteiger partial charge in [-0.3, -0.25) is 9.79 Å². The van der Waals surface area contributed by atoms with Gasteiger partial charge in [-0.1, -0.05) is 0 Å². The number of carbonyl (C=O) groups is 1. The Kier molecular flexibility index (Phi) is 12.3. The van der Waals surface area contributed by atoms with E-state index in [-0.39, 0.29) is 5.91 Å². The molecule has 7 heteroatoms. The Bertz CT molecular complexity index is 372. The first-order valence-electron chi connectivity index (χ1n) is 8.85. The molecule has 0 aromatic carbocycles. The van der Waals surface area contributed by atoms with Crippen LogP contribution in [0, 0.1) is 5.41 Å². The molecule has 0 saturated carbocycles. The number of likely N-dealkylation sites (N-methyl/N-ethyl adjacent to an activating group) is 1. The molecule has 24 heavy (non-hydrogen) atoms. The van der Waals surface area contributed by atoms with Gasteiger partial charge in [0.15, 0.2) is 5.96 Å². The standard InChI is InChI=1S/C17H37N5O2/c1-7-18-15(23)17(3,4)14-21-16(19-8-2)20-10-12-22(5)11-9-13-24-6/h7-14H2,1-6H3,(H,18,23)(H2,19,20,21). The van der Waals surface area contributed by atoms with Gasteiger partial charge in [-0.15, -0.1) is 0 Å². The van der Waals surface area contributed by atoms with Gasteiger partial charge in [0, 0.05) is 46.4 Å². The number of hydrogen-bond acceptors (Lipinski definition) is 4. The Balaban J connectivity index is 4.35. The molecule has 0 aliphatic rings. The lowest BCUT2D eigenvalue weighted by Gasteiger charge is -2.22. The van der Waals surface area contributed by atoms with Crippen LogP contribution in [0.2, 0.25) is 0 Å². The van der Waals surface area contributed by atoms with Gasteiger partial charge in [-0.25, -0.2) is 0 Å². The Morgan fingerprint density at radius 2 is 1.79 bits per heavy atom. The highest BCUT2D eigenvalue weighted by Gasteiger charge is 2.26. The number of hydrogen-bond donors (Lipinski definition) is 3. The molecule has 0 saturated heterocycles. The SMILES string of the molecule is CCNC(=O)C(C)(C)CN=C(NCC)NCCN(C)CCCOC. The van der Waals surface area contributed by atoms with Crippen LogP contribution in [0.3, 0.4) is 0 Å². The average Bonchev–Trinajstić information content (AvgIpc) is 2.53. The minimum absolute atomic E-state index is 0.0301. The Morgan fingerprint density at radius 3 is 2.38 bits per heavy atom. The number of nitrogens with one attached hydrogen (secondary N) is 3. The maximum atomic E-state index is 12.0. The fraction of sp³-hybridized carbons (Fsp3) is 0.882. The number of carbonyl (C=O) groups excluding carboxylic acids is 1. The molecule has 0 fully saturated rings. The molecule has 142 valence electrons. The largest absolute Gasteiger partial charge is 0.385 e. The Morgan fingerprint density at radius 1 is 1.12 bits per heavy atom. The van der Waals surface area contributed by atoms with Gasteiger partial charge in [0.2, 0.25) is 5.91 Å². The minimum atomic E-state index is -0.519. The van der Waals surface area contributed by atoms with Crippen molar-refractivity contribution in [2.75, 3.05) is 60.0 Å². The number of guanidine groups is 1. The molecular weight excluding hydrogens is 306 g/mol.